The van der Waals surface area contributed by atoms with Crippen LogP contribution in [0, 0.1) is 19.8 Å². The number of aromatic nitrogens is 2. The van der Waals surface area contributed by atoms with Crippen molar-refractivity contribution in [3.63, 3.8) is 0 Å². The van der Waals surface area contributed by atoms with E-state index >= 15 is 0 Å². The predicted octanol–water partition coefficient (Wildman–Crippen LogP) is 3.86. The topological polar surface area (TPSA) is 46.0 Å². The molecule has 1 heterocycles. The van der Waals surface area contributed by atoms with E-state index < -0.39 is 6.10 Å². The van der Waals surface area contributed by atoms with Gasteiger partial charge in [0.2, 0.25) is 0 Å². The molecule has 1 fully saturated rings. The molecule has 1 aliphatic carbocycles. The summed E-state index contributed by atoms with van der Waals surface area (Å²) in [6.07, 6.45) is 7.24. The Morgan fingerprint density at radius 3 is 2.40 bits per heavy atom. The van der Waals surface area contributed by atoms with E-state index in [9.17, 15) is 5.11 Å². The highest BCUT2D eigenvalue weighted by atomic mass is 16.3. The Bertz CT molecular complexity index is 618. The van der Waals surface area contributed by atoms with Crippen LogP contribution in [0.2, 0.25) is 0 Å². The molecular formula is C17H22N2O. The van der Waals surface area contributed by atoms with E-state index in [0.717, 1.165) is 29.6 Å². The third-order valence-corrected chi connectivity index (χ3v) is 4.58. The summed E-state index contributed by atoms with van der Waals surface area (Å²) in [5, 5.41) is 10.5. The number of benzene rings is 1. The van der Waals surface area contributed by atoms with Gasteiger partial charge in [-0.1, -0.05) is 19.3 Å². The van der Waals surface area contributed by atoms with Gasteiger partial charge >= 0.3 is 0 Å². The number of aliphatic hydroxyl groups excluding tert-OH is 1. The quantitative estimate of drug-likeness (QED) is 0.901. The summed E-state index contributed by atoms with van der Waals surface area (Å²) in [6.45, 7) is 4.17. The molecule has 1 atom stereocenters. The molecule has 1 N–H and O–H groups in total. The molecule has 0 radical (unpaired) electrons. The lowest BCUT2D eigenvalue weighted by atomic mass is 9.84. The van der Waals surface area contributed by atoms with Crippen molar-refractivity contribution < 1.29 is 5.11 Å². The Morgan fingerprint density at radius 2 is 1.70 bits per heavy atom. The van der Waals surface area contributed by atoms with Gasteiger partial charge in [0, 0.05) is 0 Å². The van der Waals surface area contributed by atoms with E-state index in [2.05, 4.69) is 35.9 Å². The van der Waals surface area contributed by atoms with Gasteiger partial charge in [-0.2, -0.15) is 0 Å². The lowest BCUT2D eigenvalue weighted by molar-refractivity contribution is 0.0811. The third kappa shape index (κ3) is 2.55. The lowest BCUT2D eigenvalue weighted by Gasteiger charge is -2.26. The number of aryl methyl sites for hydroxylation is 2. The van der Waals surface area contributed by atoms with Crippen molar-refractivity contribution >= 4 is 11.0 Å². The molecule has 106 valence electrons. The molecule has 1 aliphatic rings. The van der Waals surface area contributed by atoms with Gasteiger partial charge in [-0.25, -0.2) is 4.98 Å². The fourth-order valence-electron chi connectivity index (χ4n) is 3.12. The fourth-order valence-corrected chi connectivity index (χ4v) is 3.12. The lowest BCUT2D eigenvalue weighted by Crippen LogP contribution is -2.17. The Hall–Kier alpha value is -1.48. The van der Waals surface area contributed by atoms with Gasteiger partial charge in [0.15, 0.2) is 0 Å². The van der Waals surface area contributed by atoms with Crippen LogP contribution in [0.25, 0.3) is 11.0 Å². The van der Waals surface area contributed by atoms with Crippen molar-refractivity contribution in [2.75, 3.05) is 0 Å². The van der Waals surface area contributed by atoms with Gasteiger partial charge in [-0.15, -0.1) is 0 Å². The molecule has 1 aromatic heterocycles. The first kappa shape index (κ1) is 13.5. The summed E-state index contributed by atoms with van der Waals surface area (Å²) in [6, 6.07) is 4.13. The first-order chi connectivity index (χ1) is 9.65. The van der Waals surface area contributed by atoms with Crippen LogP contribution in [0.5, 0.6) is 0 Å². The Labute approximate surface area is 120 Å². The molecule has 1 saturated carbocycles. The zero-order valence-corrected chi connectivity index (χ0v) is 12.3. The minimum Gasteiger partial charge on any atom is -0.386 e. The second-order valence-corrected chi connectivity index (χ2v) is 6.06. The molecule has 0 aliphatic heterocycles. The van der Waals surface area contributed by atoms with Crippen molar-refractivity contribution in [1.29, 1.82) is 0 Å². The maximum Gasteiger partial charge on any atom is 0.100 e. The van der Waals surface area contributed by atoms with E-state index in [1.54, 1.807) is 6.20 Å². The second-order valence-electron chi connectivity index (χ2n) is 6.06. The summed E-state index contributed by atoms with van der Waals surface area (Å²) < 4.78 is 0. The Morgan fingerprint density at radius 1 is 1.05 bits per heavy atom. The van der Waals surface area contributed by atoms with E-state index in [4.69, 9.17) is 0 Å². The zero-order chi connectivity index (χ0) is 14.1. The van der Waals surface area contributed by atoms with Crippen LogP contribution in [0.1, 0.15) is 55.0 Å². The van der Waals surface area contributed by atoms with Gasteiger partial charge in [-0.3, -0.25) is 4.98 Å². The molecule has 1 unspecified atom stereocenters. The highest BCUT2D eigenvalue weighted by Crippen LogP contribution is 2.33. The van der Waals surface area contributed by atoms with Gasteiger partial charge < -0.3 is 5.11 Å². The van der Waals surface area contributed by atoms with Crippen molar-refractivity contribution in [3.05, 3.63) is 35.2 Å². The van der Waals surface area contributed by atoms with Crippen molar-refractivity contribution in [3.8, 4) is 0 Å². The van der Waals surface area contributed by atoms with Crippen molar-refractivity contribution in [2.24, 2.45) is 5.92 Å². The highest BCUT2D eigenvalue weighted by molar-refractivity contribution is 5.76. The first-order valence-electron chi connectivity index (χ1n) is 7.57. The molecule has 2 aromatic rings. The average Bonchev–Trinajstić information content (AvgIpc) is 2.48. The minimum atomic E-state index is -0.464. The predicted molar refractivity (Wildman–Crippen MR) is 80.5 cm³/mol. The van der Waals surface area contributed by atoms with E-state index in [-0.39, 0.29) is 0 Å². The number of hydrogen-bond acceptors (Lipinski definition) is 3. The van der Waals surface area contributed by atoms with Gasteiger partial charge in [-0.05, 0) is 55.9 Å². The van der Waals surface area contributed by atoms with Gasteiger partial charge in [0.1, 0.15) is 6.10 Å². The fraction of sp³-hybridized carbons (Fsp3) is 0.529. The maximum atomic E-state index is 10.5. The van der Waals surface area contributed by atoms with Crippen LogP contribution in [-0.4, -0.2) is 15.1 Å². The van der Waals surface area contributed by atoms with Crippen LogP contribution in [-0.2, 0) is 0 Å². The van der Waals surface area contributed by atoms with Crippen molar-refractivity contribution in [1.82, 2.24) is 9.97 Å². The smallest absolute Gasteiger partial charge is 0.100 e. The summed E-state index contributed by atoms with van der Waals surface area (Å²) >= 11 is 0. The standard InChI is InChI=1S/C17H22N2O/c1-11-8-14-15(9-12(11)2)19-16(10-18-14)17(20)13-6-4-3-5-7-13/h8-10,13,17,20H,3-7H2,1-2H3. The number of fused-ring (bicyclic) bond motifs is 1. The highest BCUT2D eigenvalue weighted by Gasteiger charge is 2.24. The third-order valence-electron chi connectivity index (χ3n) is 4.58. The molecular weight excluding hydrogens is 248 g/mol. The summed E-state index contributed by atoms with van der Waals surface area (Å²) in [5.41, 5.74) is 4.98. The Kier molecular flexibility index (Phi) is 3.70. The first-order valence-corrected chi connectivity index (χ1v) is 7.57. The van der Waals surface area contributed by atoms with E-state index in [0.29, 0.717) is 5.92 Å². The molecule has 3 rings (SSSR count). The van der Waals surface area contributed by atoms with Crippen LogP contribution in [0.4, 0.5) is 0 Å². The zero-order valence-electron chi connectivity index (χ0n) is 12.3. The average molecular weight is 270 g/mol. The summed E-state index contributed by atoms with van der Waals surface area (Å²) in [7, 11) is 0. The molecule has 0 spiro atoms. The van der Waals surface area contributed by atoms with Crippen molar-refractivity contribution in [2.45, 2.75) is 52.1 Å². The summed E-state index contributed by atoms with van der Waals surface area (Å²) in [5.74, 6) is 0.349. The SMILES string of the molecule is Cc1cc2ncc(C(O)C3CCCCC3)nc2cc1C. The van der Waals surface area contributed by atoms with Gasteiger partial charge in [0.05, 0.1) is 22.9 Å². The monoisotopic (exact) mass is 270 g/mol. The number of rotatable bonds is 2. The molecule has 1 aromatic carbocycles. The largest absolute Gasteiger partial charge is 0.386 e. The molecule has 3 heteroatoms. The molecule has 0 amide bonds. The molecule has 20 heavy (non-hydrogen) atoms. The van der Waals surface area contributed by atoms with E-state index in [1.165, 1.54) is 30.4 Å². The Balaban J connectivity index is 1.93. The van der Waals surface area contributed by atoms with Crippen LogP contribution in [0.15, 0.2) is 18.3 Å². The molecule has 0 bridgehead atoms. The van der Waals surface area contributed by atoms with Crippen LogP contribution < -0.4 is 0 Å². The molecule has 3 nitrogen and oxygen atoms in total. The number of nitrogens with zero attached hydrogens (tertiary/aromatic N) is 2. The maximum absolute atomic E-state index is 10.5. The van der Waals surface area contributed by atoms with E-state index in [1.807, 2.05) is 0 Å². The van der Waals surface area contributed by atoms with Gasteiger partial charge in [0.25, 0.3) is 0 Å². The normalized spacial score (nSPS) is 18.4. The number of hydrogen-bond donors (Lipinski definition) is 1. The van der Waals surface area contributed by atoms with Crippen LogP contribution in [0.3, 0.4) is 0 Å². The second kappa shape index (κ2) is 5.49. The van der Waals surface area contributed by atoms with Crippen LogP contribution >= 0.6 is 0 Å². The molecule has 0 saturated heterocycles. The summed E-state index contributed by atoms with van der Waals surface area (Å²) in [4.78, 5) is 9.12. The number of aliphatic hydroxyl groups is 1. The minimum absolute atomic E-state index is 0.349.